The van der Waals surface area contributed by atoms with Crippen LogP contribution in [-0.4, -0.2) is 33.1 Å². The molecule has 2 aromatic carbocycles. The number of hydroxylamine groups is 1. The van der Waals surface area contributed by atoms with Crippen molar-refractivity contribution in [3.8, 4) is 5.75 Å². The monoisotopic (exact) mass is 435 g/mol. The number of carbonyl (C=O) groups is 2. The molecule has 32 heavy (non-hydrogen) atoms. The van der Waals surface area contributed by atoms with Crippen LogP contribution in [0, 0.1) is 6.92 Å². The van der Waals surface area contributed by atoms with E-state index in [2.05, 4.69) is 27.2 Å². The summed E-state index contributed by atoms with van der Waals surface area (Å²) in [5.74, 6) is 0.0732. The highest BCUT2D eigenvalue weighted by Gasteiger charge is 2.16. The molecule has 4 N–H and O–H groups in total. The number of ether oxygens (including phenoxy) is 1. The molecule has 9 nitrogen and oxygen atoms in total. The van der Waals surface area contributed by atoms with Crippen LogP contribution < -0.4 is 20.9 Å². The van der Waals surface area contributed by atoms with Crippen molar-refractivity contribution < 1.29 is 19.5 Å². The molecule has 1 atom stereocenters. The normalized spacial score (nSPS) is 11.5. The quantitative estimate of drug-likeness (QED) is 0.228. The molecule has 1 aromatic heterocycles. The zero-order chi connectivity index (χ0) is 23.1. The van der Waals surface area contributed by atoms with Gasteiger partial charge in [0.1, 0.15) is 17.9 Å². The van der Waals surface area contributed by atoms with E-state index in [-0.39, 0.29) is 12.5 Å². The minimum atomic E-state index is -0.501. The summed E-state index contributed by atoms with van der Waals surface area (Å²) in [6.45, 7) is 7.28. The molecule has 0 aliphatic heterocycles. The molecular weight excluding hydrogens is 410 g/mol. The summed E-state index contributed by atoms with van der Waals surface area (Å²) in [5, 5.41) is 15.4. The summed E-state index contributed by atoms with van der Waals surface area (Å²) in [4.78, 5) is 32.0. The second-order valence-corrected chi connectivity index (χ2v) is 7.28. The highest BCUT2D eigenvalue weighted by atomic mass is 16.5. The molecule has 1 heterocycles. The number of amides is 2. The molecule has 0 bridgehead atoms. The average molecular weight is 435 g/mol. The van der Waals surface area contributed by atoms with E-state index in [1.54, 1.807) is 24.5 Å². The summed E-state index contributed by atoms with van der Waals surface area (Å²) in [7, 11) is 0. The third kappa shape index (κ3) is 5.79. The van der Waals surface area contributed by atoms with Gasteiger partial charge in [-0.25, -0.2) is 15.4 Å². The first-order chi connectivity index (χ1) is 15.4. The summed E-state index contributed by atoms with van der Waals surface area (Å²) in [6.07, 6.45) is 2.70. The van der Waals surface area contributed by atoms with Gasteiger partial charge in [-0.3, -0.25) is 14.8 Å². The Hall–Kier alpha value is -3.98. The van der Waals surface area contributed by atoms with Gasteiger partial charge in [-0.2, -0.15) is 0 Å². The number of nitrogens with zero attached hydrogens (tertiary/aromatic N) is 2. The lowest BCUT2D eigenvalue weighted by atomic mass is 10.1. The number of anilines is 3. The molecule has 0 aliphatic rings. The lowest BCUT2D eigenvalue weighted by molar-refractivity contribution is -0.129. The molecule has 3 rings (SSSR count). The van der Waals surface area contributed by atoms with Gasteiger partial charge in [-0.05, 0) is 50.1 Å². The molecule has 9 heteroatoms. The van der Waals surface area contributed by atoms with Gasteiger partial charge >= 0.3 is 0 Å². The van der Waals surface area contributed by atoms with Crippen molar-refractivity contribution in [1.82, 2.24) is 15.4 Å². The highest BCUT2D eigenvalue weighted by Crippen LogP contribution is 2.34. The van der Waals surface area contributed by atoms with Crippen molar-refractivity contribution in [2.75, 3.05) is 10.6 Å². The number of aryl methyl sites for hydroxylation is 1. The van der Waals surface area contributed by atoms with Crippen molar-refractivity contribution >= 4 is 39.9 Å². The third-order valence-electron chi connectivity index (χ3n) is 4.69. The summed E-state index contributed by atoms with van der Waals surface area (Å²) in [5.41, 5.74) is 4.61. The minimum Gasteiger partial charge on any atom is -0.488 e. The maximum absolute atomic E-state index is 12.0. The fourth-order valence-corrected chi connectivity index (χ4v) is 3.09. The van der Waals surface area contributed by atoms with Gasteiger partial charge in [0.25, 0.3) is 0 Å². The summed E-state index contributed by atoms with van der Waals surface area (Å²) < 4.78 is 5.98. The maximum Gasteiger partial charge on any atom is 0.247 e. The van der Waals surface area contributed by atoms with Crippen LogP contribution >= 0.6 is 0 Å². The Morgan fingerprint density at radius 2 is 2.06 bits per heavy atom. The molecule has 0 saturated heterocycles. The molecular formula is C23H25N5O4. The lowest BCUT2D eigenvalue weighted by Crippen LogP contribution is -2.22. The van der Waals surface area contributed by atoms with Crippen molar-refractivity contribution in [3.63, 3.8) is 0 Å². The topological polar surface area (TPSA) is 125 Å². The number of carbonyl (C=O) groups excluding carboxylic acids is 2. The fraction of sp³-hybridized carbons (Fsp3) is 0.217. The average Bonchev–Trinajstić information content (AvgIpc) is 2.78. The Kier molecular flexibility index (Phi) is 7.35. The van der Waals surface area contributed by atoms with E-state index in [4.69, 9.17) is 9.94 Å². The Morgan fingerprint density at radius 3 is 2.78 bits per heavy atom. The van der Waals surface area contributed by atoms with Gasteiger partial charge in [0.05, 0.1) is 17.3 Å². The molecule has 0 saturated carbocycles. The maximum atomic E-state index is 12.0. The zero-order valence-corrected chi connectivity index (χ0v) is 17.9. The number of hydrogen-bond donors (Lipinski definition) is 4. The first kappa shape index (κ1) is 22.7. The predicted octanol–water partition coefficient (Wildman–Crippen LogP) is 3.86. The summed E-state index contributed by atoms with van der Waals surface area (Å²) in [6, 6.07) is 11.3. The smallest absolute Gasteiger partial charge is 0.247 e. The van der Waals surface area contributed by atoms with Crippen LogP contribution in [0.15, 0.2) is 55.4 Å². The minimum absolute atomic E-state index is 0.0896. The van der Waals surface area contributed by atoms with Gasteiger partial charge in [-0.15, -0.1) is 0 Å². The van der Waals surface area contributed by atoms with Gasteiger partial charge in [0.2, 0.25) is 11.8 Å². The Morgan fingerprint density at radius 1 is 1.25 bits per heavy atom. The van der Waals surface area contributed by atoms with E-state index in [0.29, 0.717) is 34.6 Å². The standard InChI is InChI=1S/C23H25N5O4/c1-4-21(29)27-19-11-17-18(12-20(19)32-15(3)8-9-22(30)28-31)24-13-25-23(17)26-16-7-5-6-14(2)10-16/h4-7,10-13,15,31H,1,8-9H2,2-3H3,(H,27,29)(H,28,30)(H,24,25,26). The lowest BCUT2D eigenvalue weighted by Gasteiger charge is -2.19. The first-order valence-corrected chi connectivity index (χ1v) is 10.0. The number of aromatic nitrogens is 2. The molecule has 1 unspecified atom stereocenters. The van der Waals surface area contributed by atoms with Gasteiger partial charge in [0, 0.05) is 23.6 Å². The Bertz CT molecular complexity index is 1150. The predicted molar refractivity (Wildman–Crippen MR) is 122 cm³/mol. The second-order valence-electron chi connectivity index (χ2n) is 7.28. The van der Waals surface area contributed by atoms with Crippen LogP contribution in [0.4, 0.5) is 17.2 Å². The Balaban J connectivity index is 1.96. The van der Waals surface area contributed by atoms with E-state index in [1.165, 1.54) is 6.33 Å². The molecule has 0 radical (unpaired) electrons. The molecule has 0 aliphatic carbocycles. The number of fused-ring (bicyclic) bond motifs is 1. The molecule has 2 amide bonds. The Labute approximate surface area is 185 Å². The van der Waals surface area contributed by atoms with E-state index in [0.717, 1.165) is 17.3 Å². The van der Waals surface area contributed by atoms with Crippen LogP contribution in [0.3, 0.4) is 0 Å². The van der Waals surface area contributed by atoms with E-state index in [9.17, 15) is 9.59 Å². The van der Waals surface area contributed by atoms with Crippen LogP contribution in [-0.2, 0) is 9.59 Å². The van der Waals surface area contributed by atoms with Crippen LogP contribution in [0.25, 0.3) is 10.9 Å². The second kappa shape index (κ2) is 10.4. The number of benzene rings is 2. The van der Waals surface area contributed by atoms with E-state index < -0.39 is 11.8 Å². The van der Waals surface area contributed by atoms with Gasteiger partial charge < -0.3 is 15.4 Å². The van der Waals surface area contributed by atoms with Crippen LogP contribution in [0.1, 0.15) is 25.3 Å². The van der Waals surface area contributed by atoms with E-state index >= 15 is 0 Å². The molecule has 0 spiro atoms. The van der Waals surface area contributed by atoms with Crippen molar-refractivity contribution in [2.24, 2.45) is 0 Å². The molecule has 0 fully saturated rings. The van der Waals surface area contributed by atoms with Crippen molar-refractivity contribution in [2.45, 2.75) is 32.8 Å². The zero-order valence-electron chi connectivity index (χ0n) is 17.9. The van der Waals surface area contributed by atoms with Crippen LogP contribution in [0.5, 0.6) is 5.75 Å². The SMILES string of the molecule is C=CC(=O)Nc1cc2c(Nc3cccc(C)c3)ncnc2cc1OC(C)CCC(=O)NO. The first-order valence-electron chi connectivity index (χ1n) is 10.0. The summed E-state index contributed by atoms with van der Waals surface area (Å²) >= 11 is 0. The van der Waals surface area contributed by atoms with Crippen molar-refractivity contribution in [1.29, 1.82) is 0 Å². The third-order valence-corrected chi connectivity index (χ3v) is 4.69. The van der Waals surface area contributed by atoms with E-state index in [1.807, 2.05) is 31.2 Å². The van der Waals surface area contributed by atoms with Crippen molar-refractivity contribution in [3.05, 3.63) is 60.9 Å². The molecule has 166 valence electrons. The fourth-order valence-electron chi connectivity index (χ4n) is 3.09. The number of hydrogen-bond acceptors (Lipinski definition) is 7. The highest BCUT2D eigenvalue weighted by molar-refractivity contribution is 6.03. The van der Waals surface area contributed by atoms with Gasteiger partial charge in [-0.1, -0.05) is 18.7 Å². The number of rotatable bonds is 9. The largest absolute Gasteiger partial charge is 0.488 e. The van der Waals surface area contributed by atoms with Crippen LogP contribution in [0.2, 0.25) is 0 Å². The number of nitrogens with one attached hydrogen (secondary N) is 3. The molecule has 3 aromatic rings. The van der Waals surface area contributed by atoms with Gasteiger partial charge in [0.15, 0.2) is 0 Å².